The summed E-state index contributed by atoms with van der Waals surface area (Å²) in [5.74, 6) is 1.75. The van der Waals surface area contributed by atoms with Gasteiger partial charge in [-0.05, 0) is 34.5 Å². The van der Waals surface area contributed by atoms with Gasteiger partial charge in [0.15, 0.2) is 0 Å². The summed E-state index contributed by atoms with van der Waals surface area (Å²) in [7, 11) is 0. The summed E-state index contributed by atoms with van der Waals surface area (Å²) >= 11 is 3.51. The van der Waals surface area contributed by atoms with Gasteiger partial charge < -0.3 is 15.0 Å². The summed E-state index contributed by atoms with van der Waals surface area (Å²) in [4.78, 5) is 6.89. The van der Waals surface area contributed by atoms with Crippen LogP contribution in [0.5, 0.6) is 0 Å². The molecular weight excluding hydrogens is 306 g/mol. The predicted molar refractivity (Wildman–Crippen MR) is 81.5 cm³/mol. The molecular formula is C14H22BrN3O. The van der Waals surface area contributed by atoms with Crippen molar-refractivity contribution in [3.8, 4) is 0 Å². The highest BCUT2D eigenvalue weighted by atomic mass is 79.9. The second-order valence-corrected chi connectivity index (χ2v) is 6.18. The highest BCUT2D eigenvalue weighted by Crippen LogP contribution is 2.22. The van der Waals surface area contributed by atoms with Crippen molar-refractivity contribution in [3.63, 3.8) is 0 Å². The Labute approximate surface area is 123 Å². The maximum Gasteiger partial charge on any atom is 0.133 e. The predicted octanol–water partition coefficient (Wildman–Crippen LogP) is 2.43. The summed E-state index contributed by atoms with van der Waals surface area (Å²) < 4.78 is 6.44. The molecule has 0 unspecified atom stereocenters. The normalized spacial score (nSPS) is 16.1. The average Bonchev–Trinajstić information content (AvgIpc) is 2.39. The Morgan fingerprint density at radius 1 is 1.42 bits per heavy atom. The zero-order valence-electron chi connectivity index (χ0n) is 11.7. The lowest BCUT2D eigenvalue weighted by Crippen LogP contribution is -2.37. The molecule has 0 spiro atoms. The number of hydrogen-bond acceptors (Lipinski definition) is 4. The number of pyridine rings is 1. The molecule has 1 aliphatic rings. The van der Waals surface area contributed by atoms with E-state index < -0.39 is 0 Å². The average molecular weight is 328 g/mol. The van der Waals surface area contributed by atoms with E-state index in [-0.39, 0.29) is 0 Å². The van der Waals surface area contributed by atoms with Crippen molar-refractivity contribution in [2.45, 2.75) is 20.4 Å². The van der Waals surface area contributed by atoms with Crippen LogP contribution in [0.4, 0.5) is 5.82 Å². The van der Waals surface area contributed by atoms with Gasteiger partial charge in [0.1, 0.15) is 5.82 Å². The maximum absolute atomic E-state index is 5.40. The number of morpholine rings is 1. The number of rotatable bonds is 5. The maximum atomic E-state index is 5.40. The van der Waals surface area contributed by atoms with E-state index in [1.54, 1.807) is 0 Å². The highest BCUT2D eigenvalue weighted by molar-refractivity contribution is 9.10. The van der Waals surface area contributed by atoms with Gasteiger partial charge in [0, 0.05) is 35.9 Å². The molecule has 106 valence electrons. The van der Waals surface area contributed by atoms with Crippen molar-refractivity contribution in [1.29, 1.82) is 0 Å². The van der Waals surface area contributed by atoms with Gasteiger partial charge in [0.05, 0.1) is 13.2 Å². The van der Waals surface area contributed by atoms with Crippen molar-refractivity contribution >= 4 is 21.7 Å². The largest absolute Gasteiger partial charge is 0.378 e. The first-order valence-corrected chi connectivity index (χ1v) is 7.64. The fourth-order valence-electron chi connectivity index (χ4n) is 2.16. The fourth-order valence-corrected chi connectivity index (χ4v) is 2.54. The number of hydrogen-bond donors (Lipinski definition) is 1. The minimum absolute atomic E-state index is 0.659. The third-order valence-corrected chi connectivity index (χ3v) is 3.52. The van der Waals surface area contributed by atoms with E-state index in [2.05, 4.69) is 51.0 Å². The van der Waals surface area contributed by atoms with Gasteiger partial charge in [0.25, 0.3) is 0 Å². The minimum atomic E-state index is 0.659. The third kappa shape index (κ3) is 4.44. The lowest BCUT2D eigenvalue weighted by Gasteiger charge is -2.29. The first-order chi connectivity index (χ1) is 9.16. The first-order valence-electron chi connectivity index (χ1n) is 6.84. The standard InChI is InChI=1S/C14H22BrN3O/c1-11(2)8-16-9-12-7-13(15)10-17-14(12)18-3-5-19-6-4-18/h7,10-11,16H,3-6,8-9H2,1-2H3. The summed E-state index contributed by atoms with van der Waals surface area (Å²) in [6, 6.07) is 2.16. The van der Waals surface area contributed by atoms with Crippen LogP contribution in [0.15, 0.2) is 16.7 Å². The monoisotopic (exact) mass is 327 g/mol. The summed E-state index contributed by atoms with van der Waals surface area (Å²) in [6.07, 6.45) is 1.87. The molecule has 1 aromatic rings. The Morgan fingerprint density at radius 3 is 2.84 bits per heavy atom. The van der Waals surface area contributed by atoms with Crippen molar-refractivity contribution in [1.82, 2.24) is 10.3 Å². The lowest BCUT2D eigenvalue weighted by atomic mass is 10.2. The second-order valence-electron chi connectivity index (χ2n) is 5.26. The van der Waals surface area contributed by atoms with Crippen LogP contribution >= 0.6 is 15.9 Å². The van der Waals surface area contributed by atoms with Crippen molar-refractivity contribution < 1.29 is 4.74 Å². The van der Waals surface area contributed by atoms with Crippen LogP contribution in [0.3, 0.4) is 0 Å². The Balaban J connectivity index is 2.08. The highest BCUT2D eigenvalue weighted by Gasteiger charge is 2.16. The Hall–Kier alpha value is -0.650. The Kier molecular flexibility index (Phi) is 5.60. The van der Waals surface area contributed by atoms with E-state index >= 15 is 0 Å². The van der Waals surface area contributed by atoms with Crippen molar-refractivity contribution in [2.24, 2.45) is 5.92 Å². The summed E-state index contributed by atoms with van der Waals surface area (Å²) in [6.45, 7) is 9.74. The van der Waals surface area contributed by atoms with Gasteiger partial charge in [0.2, 0.25) is 0 Å². The van der Waals surface area contributed by atoms with Crippen molar-refractivity contribution in [3.05, 3.63) is 22.3 Å². The van der Waals surface area contributed by atoms with Crippen molar-refractivity contribution in [2.75, 3.05) is 37.7 Å². The molecule has 2 rings (SSSR count). The number of nitrogens with zero attached hydrogens (tertiary/aromatic N) is 2. The van der Waals surface area contributed by atoms with E-state index in [9.17, 15) is 0 Å². The zero-order valence-corrected chi connectivity index (χ0v) is 13.2. The molecule has 0 bridgehead atoms. The van der Waals surface area contributed by atoms with E-state index in [1.165, 1.54) is 5.56 Å². The van der Waals surface area contributed by atoms with Crippen LogP contribution in [0, 0.1) is 5.92 Å². The Bertz CT molecular complexity index is 406. The van der Waals surface area contributed by atoms with Crippen LogP contribution in [-0.2, 0) is 11.3 Å². The third-order valence-electron chi connectivity index (χ3n) is 3.09. The quantitative estimate of drug-likeness (QED) is 0.901. The van der Waals surface area contributed by atoms with Gasteiger partial charge in [-0.15, -0.1) is 0 Å². The molecule has 0 aromatic carbocycles. The molecule has 1 aliphatic heterocycles. The fraction of sp³-hybridized carbons (Fsp3) is 0.643. The molecule has 4 nitrogen and oxygen atoms in total. The molecule has 0 saturated carbocycles. The number of nitrogens with one attached hydrogen (secondary N) is 1. The molecule has 19 heavy (non-hydrogen) atoms. The molecule has 2 heterocycles. The number of halogens is 1. The minimum Gasteiger partial charge on any atom is -0.378 e. The van der Waals surface area contributed by atoms with Gasteiger partial charge >= 0.3 is 0 Å². The molecule has 1 aromatic heterocycles. The van der Waals surface area contributed by atoms with Gasteiger partial charge in [-0.2, -0.15) is 0 Å². The van der Waals surface area contributed by atoms with E-state index in [0.29, 0.717) is 5.92 Å². The topological polar surface area (TPSA) is 37.4 Å². The second kappa shape index (κ2) is 7.22. The van der Waals surface area contributed by atoms with Gasteiger partial charge in [-0.1, -0.05) is 13.8 Å². The number of anilines is 1. The smallest absolute Gasteiger partial charge is 0.133 e. The summed E-state index contributed by atoms with van der Waals surface area (Å²) in [5, 5.41) is 3.49. The molecule has 0 atom stereocenters. The molecule has 0 aliphatic carbocycles. The van der Waals surface area contributed by atoms with Crippen LogP contribution < -0.4 is 10.2 Å². The van der Waals surface area contributed by atoms with Crippen LogP contribution in [0.2, 0.25) is 0 Å². The molecule has 1 fully saturated rings. The molecule has 1 N–H and O–H groups in total. The Morgan fingerprint density at radius 2 is 2.16 bits per heavy atom. The van der Waals surface area contributed by atoms with Crippen LogP contribution in [-0.4, -0.2) is 37.8 Å². The molecule has 5 heteroatoms. The molecule has 1 saturated heterocycles. The zero-order chi connectivity index (χ0) is 13.7. The summed E-state index contributed by atoms with van der Waals surface area (Å²) in [5.41, 5.74) is 1.25. The molecule has 0 radical (unpaired) electrons. The lowest BCUT2D eigenvalue weighted by molar-refractivity contribution is 0.122. The van der Waals surface area contributed by atoms with E-state index in [1.807, 2.05) is 6.20 Å². The number of ether oxygens (including phenoxy) is 1. The SMILES string of the molecule is CC(C)CNCc1cc(Br)cnc1N1CCOCC1. The number of aromatic nitrogens is 1. The van der Waals surface area contributed by atoms with Crippen LogP contribution in [0.25, 0.3) is 0 Å². The van der Waals surface area contributed by atoms with Crippen LogP contribution in [0.1, 0.15) is 19.4 Å². The van der Waals surface area contributed by atoms with Gasteiger partial charge in [-0.3, -0.25) is 0 Å². The van der Waals surface area contributed by atoms with Gasteiger partial charge in [-0.25, -0.2) is 4.98 Å². The first kappa shape index (κ1) is 14.8. The van der Waals surface area contributed by atoms with E-state index in [0.717, 1.165) is 49.7 Å². The van der Waals surface area contributed by atoms with E-state index in [4.69, 9.17) is 4.74 Å². The molecule has 0 amide bonds.